The number of rotatable bonds is 10. The fraction of sp³-hybridized carbons (Fsp3) is 0.310. The number of pyridine rings is 1. The Bertz CT molecular complexity index is 1590. The molecule has 0 amide bonds. The van der Waals surface area contributed by atoms with Gasteiger partial charge in [0.05, 0.1) is 24.9 Å². The van der Waals surface area contributed by atoms with Gasteiger partial charge in [0.15, 0.2) is 5.82 Å². The predicted octanol–water partition coefficient (Wildman–Crippen LogP) is 4.93. The van der Waals surface area contributed by atoms with Crippen LogP contribution < -0.4 is 10.3 Å². The molecule has 0 saturated carbocycles. The van der Waals surface area contributed by atoms with Crippen LogP contribution in [-0.2, 0) is 19.6 Å². The van der Waals surface area contributed by atoms with Gasteiger partial charge in [-0.3, -0.25) is 9.69 Å². The number of aromatic amines is 1. The van der Waals surface area contributed by atoms with Crippen LogP contribution in [0.15, 0.2) is 70.1 Å². The van der Waals surface area contributed by atoms with Crippen molar-refractivity contribution in [3.05, 3.63) is 105 Å². The Morgan fingerprint density at radius 1 is 1.08 bits per heavy atom. The number of tetrazole rings is 1. The van der Waals surface area contributed by atoms with Crippen molar-refractivity contribution in [2.45, 2.75) is 52.9 Å². The van der Waals surface area contributed by atoms with Gasteiger partial charge in [-0.2, -0.15) is 0 Å². The number of aromatic nitrogens is 5. The predicted molar refractivity (Wildman–Crippen MR) is 145 cm³/mol. The Morgan fingerprint density at radius 2 is 1.89 bits per heavy atom. The molecular formula is C29H32N6O3. The molecule has 0 radical (unpaired) electrons. The summed E-state index contributed by atoms with van der Waals surface area (Å²) in [5.74, 6) is 2.27. The molecule has 1 atom stereocenters. The minimum Gasteiger partial charge on any atom is -0.496 e. The van der Waals surface area contributed by atoms with Crippen LogP contribution in [0.4, 0.5) is 0 Å². The second kappa shape index (κ2) is 11.0. The van der Waals surface area contributed by atoms with Crippen molar-refractivity contribution in [3.8, 4) is 5.75 Å². The maximum atomic E-state index is 13.3. The molecule has 9 nitrogen and oxygen atoms in total. The maximum Gasteiger partial charge on any atom is 0.252 e. The molecule has 0 saturated heterocycles. The van der Waals surface area contributed by atoms with Gasteiger partial charge in [-0.05, 0) is 72.0 Å². The second-order valence-electron chi connectivity index (χ2n) is 9.58. The van der Waals surface area contributed by atoms with Crippen molar-refractivity contribution >= 4 is 10.9 Å². The van der Waals surface area contributed by atoms with E-state index in [2.05, 4.69) is 51.4 Å². The Labute approximate surface area is 221 Å². The van der Waals surface area contributed by atoms with E-state index < -0.39 is 0 Å². The van der Waals surface area contributed by atoms with Crippen molar-refractivity contribution in [1.29, 1.82) is 0 Å². The highest BCUT2D eigenvalue weighted by Gasteiger charge is 2.27. The standard InChI is InChI=1S/C29H32N6O3/c1-5-25(28-31-32-33-35(28)18-24-10-8-12-38-24)34(16-21-9-6-7-11-26(21)37-4)17-23-15-22-14-19(2)13-20(3)27(22)30-29(23)36/h6-15,25H,5,16-18H2,1-4H3,(H,30,36)/t25-/m1/s1. The van der Waals surface area contributed by atoms with Crippen LogP contribution in [0.2, 0.25) is 0 Å². The maximum absolute atomic E-state index is 13.3. The first kappa shape index (κ1) is 25.4. The lowest BCUT2D eigenvalue weighted by molar-refractivity contribution is 0.159. The van der Waals surface area contributed by atoms with E-state index in [9.17, 15) is 4.79 Å². The Hall–Kier alpha value is -4.24. The number of nitrogens with zero attached hydrogens (tertiary/aromatic N) is 5. The summed E-state index contributed by atoms with van der Waals surface area (Å²) in [6.45, 7) is 7.55. The minimum absolute atomic E-state index is 0.0977. The van der Waals surface area contributed by atoms with Crippen LogP contribution >= 0.6 is 0 Å². The average molecular weight is 513 g/mol. The molecule has 5 aromatic rings. The molecule has 9 heteroatoms. The zero-order valence-corrected chi connectivity index (χ0v) is 22.1. The molecule has 5 rings (SSSR count). The zero-order valence-electron chi connectivity index (χ0n) is 22.1. The molecule has 196 valence electrons. The van der Waals surface area contributed by atoms with E-state index in [-0.39, 0.29) is 11.6 Å². The van der Waals surface area contributed by atoms with Gasteiger partial charge in [-0.25, -0.2) is 4.68 Å². The summed E-state index contributed by atoms with van der Waals surface area (Å²) in [6, 6.07) is 17.7. The number of aryl methyl sites for hydroxylation is 2. The quantitative estimate of drug-likeness (QED) is 0.283. The number of ether oxygens (including phenoxy) is 1. The van der Waals surface area contributed by atoms with E-state index in [0.717, 1.165) is 45.5 Å². The lowest BCUT2D eigenvalue weighted by Crippen LogP contribution is -2.32. The highest BCUT2D eigenvalue weighted by molar-refractivity contribution is 5.82. The largest absolute Gasteiger partial charge is 0.496 e. The van der Waals surface area contributed by atoms with Crippen LogP contribution in [0.25, 0.3) is 10.9 Å². The van der Waals surface area contributed by atoms with Crippen molar-refractivity contribution in [2.75, 3.05) is 7.11 Å². The molecule has 0 spiro atoms. The van der Waals surface area contributed by atoms with E-state index in [0.29, 0.717) is 31.0 Å². The molecular weight excluding hydrogens is 480 g/mol. The van der Waals surface area contributed by atoms with Gasteiger partial charge in [0.25, 0.3) is 5.56 Å². The fourth-order valence-corrected chi connectivity index (χ4v) is 5.11. The van der Waals surface area contributed by atoms with E-state index >= 15 is 0 Å². The number of H-pyrrole nitrogens is 1. The summed E-state index contributed by atoms with van der Waals surface area (Å²) in [7, 11) is 1.67. The molecule has 0 aliphatic heterocycles. The molecule has 3 aromatic heterocycles. The molecule has 0 unspecified atom stereocenters. The van der Waals surface area contributed by atoms with Gasteiger partial charge in [0.2, 0.25) is 0 Å². The van der Waals surface area contributed by atoms with Crippen LogP contribution in [0, 0.1) is 13.8 Å². The van der Waals surface area contributed by atoms with E-state index in [1.54, 1.807) is 18.1 Å². The Morgan fingerprint density at radius 3 is 2.66 bits per heavy atom. The SMILES string of the molecule is CC[C@H](c1nnnn1Cc1ccco1)N(Cc1ccccc1OC)Cc1cc2cc(C)cc(C)c2[nH]c1=O. The highest BCUT2D eigenvalue weighted by atomic mass is 16.5. The normalized spacial score (nSPS) is 12.3. The molecule has 0 bridgehead atoms. The van der Waals surface area contributed by atoms with Crippen molar-refractivity contribution in [2.24, 2.45) is 0 Å². The summed E-state index contributed by atoms with van der Waals surface area (Å²) in [5, 5.41) is 13.7. The van der Waals surface area contributed by atoms with Gasteiger partial charge < -0.3 is 14.1 Å². The Kier molecular flexibility index (Phi) is 7.37. The van der Waals surface area contributed by atoms with E-state index in [4.69, 9.17) is 9.15 Å². The lowest BCUT2D eigenvalue weighted by Gasteiger charge is -2.30. The van der Waals surface area contributed by atoms with E-state index in [1.807, 2.05) is 49.4 Å². The lowest BCUT2D eigenvalue weighted by atomic mass is 10.0. The summed E-state index contributed by atoms with van der Waals surface area (Å²) in [6.07, 6.45) is 2.37. The summed E-state index contributed by atoms with van der Waals surface area (Å²) >= 11 is 0. The van der Waals surface area contributed by atoms with Crippen LogP contribution in [0.3, 0.4) is 0 Å². The third-order valence-electron chi connectivity index (χ3n) is 6.88. The molecule has 1 N–H and O–H groups in total. The second-order valence-corrected chi connectivity index (χ2v) is 9.58. The number of nitrogens with one attached hydrogen (secondary N) is 1. The van der Waals surface area contributed by atoms with E-state index in [1.165, 1.54) is 0 Å². The van der Waals surface area contributed by atoms with Crippen LogP contribution in [0.1, 0.15) is 53.2 Å². The minimum atomic E-state index is -0.167. The first-order chi connectivity index (χ1) is 18.5. The van der Waals surface area contributed by atoms with Crippen LogP contribution in [-0.4, -0.2) is 37.2 Å². The molecule has 3 heterocycles. The first-order valence-electron chi connectivity index (χ1n) is 12.7. The van der Waals surface area contributed by atoms with Crippen molar-refractivity contribution < 1.29 is 9.15 Å². The average Bonchev–Trinajstić information content (AvgIpc) is 3.59. The zero-order chi connectivity index (χ0) is 26.6. The van der Waals surface area contributed by atoms with Crippen molar-refractivity contribution in [1.82, 2.24) is 30.1 Å². The number of methoxy groups -OCH3 is 1. The van der Waals surface area contributed by atoms with Crippen LogP contribution in [0.5, 0.6) is 5.75 Å². The first-order valence-corrected chi connectivity index (χ1v) is 12.7. The third-order valence-corrected chi connectivity index (χ3v) is 6.88. The fourth-order valence-electron chi connectivity index (χ4n) is 5.11. The molecule has 2 aromatic carbocycles. The smallest absolute Gasteiger partial charge is 0.252 e. The summed E-state index contributed by atoms with van der Waals surface area (Å²) in [5.41, 5.74) is 4.68. The molecule has 0 fully saturated rings. The number of hydrogen-bond donors (Lipinski definition) is 1. The van der Waals surface area contributed by atoms with Gasteiger partial charge in [-0.1, -0.05) is 36.8 Å². The van der Waals surface area contributed by atoms with Gasteiger partial charge in [0, 0.05) is 24.2 Å². The monoisotopic (exact) mass is 512 g/mol. The number of benzene rings is 2. The van der Waals surface area contributed by atoms with Gasteiger partial charge >= 0.3 is 0 Å². The number of fused-ring (bicyclic) bond motifs is 1. The number of hydrogen-bond acceptors (Lipinski definition) is 7. The van der Waals surface area contributed by atoms with Gasteiger partial charge in [0.1, 0.15) is 18.1 Å². The van der Waals surface area contributed by atoms with Crippen molar-refractivity contribution in [3.63, 3.8) is 0 Å². The van der Waals surface area contributed by atoms with Gasteiger partial charge in [-0.15, -0.1) is 5.10 Å². The third kappa shape index (κ3) is 5.24. The number of furan rings is 1. The molecule has 38 heavy (non-hydrogen) atoms. The molecule has 0 aliphatic carbocycles. The molecule has 0 aliphatic rings. The highest BCUT2D eigenvalue weighted by Crippen LogP contribution is 2.29. The summed E-state index contributed by atoms with van der Waals surface area (Å²) in [4.78, 5) is 18.6. The topological polar surface area (TPSA) is 102 Å². The number of para-hydroxylation sites is 1. The summed E-state index contributed by atoms with van der Waals surface area (Å²) < 4.78 is 13.0. The Balaban J connectivity index is 1.56.